The summed E-state index contributed by atoms with van der Waals surface area (Å²) in [7, 11) is 1.60. The minimum Gasteiger partial charge on any atom is -0.480 e. The number of aliphatic carboxylic acids is 1. The Balaban J connectivity index is 2.52. The third kappa shape index (κ3) is 3.85. The second kappa shape index (κ2) is 6.75. The summed E-state index contributed by atoms with van der Waals surface area (Å²) in [6.45, 7) is 2.58. The van der Waals surface area contributed by atoms with Crippen LogP contribution in [0.4, 0.5) is 0 Å². The molecule has 1 amide bonds. The summed E-state index contributed by atoms with van der Waals surface area (Å²) in [4.78, 5) is 22.4. The van der Waals surface area contributed by atoms with E-state index >= 15 is 0 Å². The van der Waals surface area contributed by atoms with Gasteiger partial charge in [0.15, 0.2) is 0 Å². The first-order valence-electron chi connectivity index (χ1n) is 5.60. The average Bonchev–Trinajstić information content (AvgIpc) is 2.82. The number of carbonyl (C=O) groups is 2. The number of nitrogens with zero attached hydrogens (tertiary/aromatic N) is 2. The monoisotopic (exact) mass is 255 g/mol. The van der Waals surface area contributed by atoms with E-state index in [1.807, 2.05) is 0 Å². The van der Waals surface area contributed by atoms with Gasteiger partial charge in [-0.2, -0.15) is 5.10 Å². The Morgan fingerprint density at radius 1 is 1.61 bits per heavy atom. The molecule has 1 aromatic rings. The number of methoxy groups -OCH3 is 1. The van der Waals surface area contributed by atoms with Crippen molar-refractivity contribution in [3.63, 3.8) is 0 Å². The van der Waals surface area contributed by atoms with E-state index in [-0.39, 0.29) is 5.91 Å². The number of carboxylic acids is 1. The Bertz CT molecular complexity index is 416. The molecule has 1 atom stereocenters. The van der Waals surface area contributed by atoms with Gasteiger partial charge in [0.25, 0.3) is 5.91 Å². The molecular formula is C11H17N3O4. The van der Waals surface area contributed by atoms with Gasteiger partial charge in [-0.05, 0) is 13.3 Å². The van der Waals surface area contributed by atoms with Crippen molar-refractivity contribution in [1.29, 1.82) is 0 Å². The lowest BCUT2D eigenvalue weighted by molar-refractivity contribution is -0.140. The highest BCUT2D eigenvalue weighted by molar-refractivity contribution is 5.93. The lowest BCUT2D eigenvalue weighted by atomic mass is 10.3. The molecule has 0 saturated carbocycles. The van der Waals surface area contributed by atoms with Gasteiger partial charge < -0.3 is 15.2 Å². The zero-order chi connectivity index (χ0) is 13.5. The maximum atomic E-state index is 11.7. The van der Waals surface area contributed by atoms with E-state index in [2.05, 4.69) is 10.4 Å². The van der Waals surface area contributed by atoms with Crippen LogP contribution in [0, 0.1) is 0 Å². The van der Waals surface area contributed by atoms with Gasteiger partial charge in [-0.1, -0.05) is 0 Å². The molecule has 1 heterocycles. The molecular weight excluding hydrogens is 238 g/mol. The molecule has 0 aliphatic carbocycles. The van der Waals surface area contributed by atoms with Gasteiger partial charge in [-0.3, -0.25) is 9.48 Å². The van der Waals surface area contributed by atoms with Gasteiger partial charge >= 0.3 is 5.97 Å². The highest BCUT2D eigenvalue weighted by Gasteiger charge is 2.16. The smallest absolute Gasteiger partial charge is 0.328 e. The van der Waals surface area contributed by atoms with Crippen LogP contribution in [-0.2, 0) is 9.53 Å². The second-order valence-corrected chi connectivity index (χ2v) is 3.83. The number of rotatable bonds is 7. The first-order valence-corrected chi connectivity index (χ1v) is 5.60. The summed E-state index contributed by atoms with van der Waals surface area (Å²) in [6.07, 6.45) is 3.50. The molecule has 0 saturated heterocycles. The maximum absolute atomic E-state index is 11.7. The van der Waals surface area contributed by atoms with E-state index in [9.17, 15) is 9.59 Å². The minimum atomic E-state index is -0.995. The Morgan fingerprint density at radius 3 is 2.94 bits per heavy atom. The summed E-state index contributed by atoms with van der Waals surface area (Å²) in [6, 6.07) is -0.792. The van der Waals surface area contributed by atoms with Crippen molar-refractivity contribution in [2.75, 3.05) is 20.3 Å². The normalized spacial score (nSPS) is 12.1. The Hall–Kier alpha value is -1.89. The number of hydrogen-bond donors (Lipinski definition) is 2. The third-order valence-corrected chi connectivity index (χ3v) is 2.43. The van der Waals surface area contributed by atoms with E-state index in [1.54, 1.807) is 7.11 Å². The first-order chi connectivity index (χ1) is 8.56. The molecule has 7 nitrogen and oxygen atoms in total. The van der Waals surface area contributed by atoms with Crippen LogP contribution in [0.5, 0.6) is 0 Å². The molecule has 0 spiro atoms. The van der Waals surface area contributed by atoms with Crippen molar-refractivity contribution in [1.82, 2.24) is 15.1 Å². The summed E-state index contributed by atoms with van der Waals surface area (Å²) < 4.78 is 6.10. The standard InChI is InChI=1S/C11H17N3O4/c1-8(11(16)17)14-7-9(6-13-14)10(15)12-4-3-5-18-2/h6-8H,3-5H2,1-2H3,(H,12,15)(H,16,17). The van der Waals surface area contributed by atoms with Gasteiger partial charge in [0.2, 0.25) is 0 Å². The fraction of sp³-hybridized carbons (Fsp3) is 0.545. The Kier molecular flexibility index (Phi) is 5.31. The largest absolute Gasteiger partial charge is 0.480 e. The van der Waals surface area contributed by atoms with E-state index in [4.69, 9.17) is 9.84 Å². The molecule has 2 N–H and O–H groups in total. The SMILES string of the molecule is COCCCNC(=O)c1cnn(C(C)C(=O)O)c1. The number of amides is 1. The molecule has 0 radical (unpaired) electrons. The highest BCUT2D eigenvalue weighted by Crippen LogP contribution is 2.06. The Morgan fingerprint density at radius 2 is 2.33 bits per heavy atom. The summed E-state index contributed by atoms with van der Waals surface area (Å²) in [5.41, 5.74) is 0.348. The predicted molar refractivity (Wildman–Crippen MR) is 63.4 cm³/mol. The summed E-state index contributed by atoms with van der Waals surface area (Å²) >= 11 is 0. The zero-order valence-electron chi connectivity index (χ0n) is 10.4. The highest BCUT2D eigenvalue weighted by atomic mass is 16.5. The second-order valence-electron chi connectivity index (χ2n) is 3.83. The topological polar surface area (TPSA) is 93.5 Å². The van der Waals surface area contributed by atoms with Crippen molar-refractivity contribution >= 4 is 11.9 Å². The molecule has 18 heavy (non-hydrogen) atoms. The average molecular weight is 255 g/mol. The lowest BCUT2D eigenvalue weighted by Gasteiger charge is -2.05. The van der Waals surface area contributed by atoms with Gasteiger partial charge in [0, 0.05) is 26.5 Å². The molecule has 1 unspecified atom stereocenters. The predicted octanol–water partition coefficient (Wildman–Crippen LogP) is 0.295. The minimum absolute atomic E-state index is 0.269. The van der Waals surface area contributed by atoms with Crippen LogP contribution >= 0.6 is 0 Å². The first kappa shape index (κ1) is 14.2. The van der Waals surface area contributed by atoms with E-state index < -0.39 is 12.0 Å². The zero-order valence-corrected chi connectivity index (χ0v) is 10.4. The molecule has 0 aliphatic rings. The van der Waals surface area contributed by atoms with Crippen molar-refractivity contribution < 1.29 is 19.4 Å². The number of nitrogens with one attached hydrogen (secondary N) is 1. The van der Waals surface area contributed by atoms with Crippen LogP contribution < -0.4 is 5.32 Å². The van der Waals surface area contributed by atoms with Crippen LogP contribution in [0.25, 0.3) is 0 Å². The number of hydrogen-bond acceptors (Lipinski definition) is 4. The van der Waals surface area contributed by atoms with Crippen LogP contribution in [0.3, 0.4) is 0 Å². The molecule has 0 bridgehead atoms. The van der Waals surface area contributed by atoms with E-state index in [0.29, 0.717) is 18.7 Å². The van der Waals surface area contributed by atoms with Crippen molar-refractivity contribution in [3.05, 3.63) is 18.0 Å². The van der Waals surface area contributed by atoms with Crippen molar-refractivity contribution in [2.24, 2.45) is 0 Å². The molecule has 0 fully saturated rings. The number of aromatic nitrogens is 2. The molecule has 7 heteroatoms. The van der Waals surface area contributed by atoms with Gasteiger partial charge in [0.05, 0.1) is 11.8 Å². The molecule has 100 valence electrons. The number of ether oxygens (including phenoxy) is 1. The van der Waals surface area contributed by atoms with Crippen molar-refractivity contribution in [2.45, 2.75) is 19.4 Å². The number of carbonyl (C=O) groups excluding carboxylic acids is 1. The molecule has 0 aliphatic heterocycles. The van der Waals surface area contributed by atoms with Gasteiger partial charge in [-0.15, -0.1) is 0 Å². The Labute approximate surface area is 105 Å². The van der Waals surface area contributed by atoms with Crippen LogP contribution in [0.2, 0.25) is 0 Å². The van der Waals surface area contributed by atoms with Crippen molar-refractivity contribution in [3.8, 4) is 0 Å². The third-order valence-electron chi connectivity index (χ3n) is 2.43. The fourth-order valence-corrected chi connectivity index (χ4v) is 1.30. The maximum Gasteiger partial charge on any atom is 0.328 e. The van der Waals surface area contributed by atoms with Gasteiger partial charge in [-0.25, -0.2) is 4.79 Å². The summed E-state index contributed by atoms with van der Waals surface area (Å²) in [5, 5.41) is 15.4. The van der Waals surface area contributed by atoms with Crippen LogP contribution in [0.15, 0.2) is 12.4 Å². The van der Waals surface area contributed by atoms with Crippen LogP contribution in [-0.4, -0.2) is 47.0 Å². The van der Waals surface area contributed by atoms with Crippen LogP contribution in [0.1, 0.15) is 29.7 Å². The number of carboxylic acid groups (broad SMARTS) is 1. The summed E-state index contributed by atoms with van der Waals surface area (Å²) in [5.74, 6) is -1.26. The molecule has 1 rings (SSSR count). The van der Waals surface area contributed by atoms with E-state index in [0.717, 1.165) is 6.42 Å². The molecule has 0 aromatic carbocycles. The fourth-order valence-electron chi connectivity index (χ4n) is 1.30. The lowest BCUT2D eigenvalue weighted by Crippen LogP contribution is -2.25. The van der Waals surface area contributed by atoms with E-state index in [1.165, 1.54) is 24.0 Å². The molecule has 1 aromatic heterocycles. The van der Waals surface area contributed by atoms with Gasteiger partial charge in [0.1, 0.15) is 6.04 Å². The quantitative estimate of drug-likeness (QED) is 0.683.